The lowest BCUT2D eigenvalue weighted by Crippen LogP contribution is -2.08. The van der Waals surface area contributed by atoms with Crippen molar-refractivity contribution in [1.29, 1.82) is 0 Å². The van der Waals surface area contributed by atoms with Crippen LogP contribution in [0.1, 0.15) is 37.8 Å². The molecule has 0 unspecified atom stereocenters. The van der Waals surface area contributed by atoms with Crippen LogP contribution in [-0.2, 0) is 0 Å². The van der Waals surface area contributed by atoms with Crippen LogP contribution in [-0.4, -0.2) is 6.61 Å². The van der Waals surface area contributed by atoms with Gasteiger partial charge in [0.25, 0.3) is 0 Å². The molecule has 82 valence electrons. The van der Waals surface area contributed by atoms with Crippen LogP contribution in [0.4, 0.5) is 0 Å². The van der Waals surface area contributed by atoms with Crippen LogP contribution in [0, 0.1) is 5.92 Å². The molecular weight excluding hydrogens is 186 g/mol. The maximum atomic E-state index is 5.94. The molecule has 15 heavy (non-hydrogen) atoms. The van der Waals surface area contributed by atoms with Gasteiger partial charge in [-0.25, -0.2) is 0 Å². The molecule has 0 radical (unpaired) electrons. The van der Waals surface area contributed by atoms with Crippen molar-refractivity contribution < 1.29 is 4.74 Å². The molecule has 1 aromatic rings. The average molecular weight is 205 g/mol. The van der Waals surface area contributed by atoms with Gasteiger partial charge in [0.05, 0.1) is 6.61 Å². The van der Waals surface area contributed by atoms with Crippen molar-refractivity contribution in [2.75, 3.05) is 6.61 Å². The number of benzene rings is 1. The highest BCUT2D eigenvalue weighted by molar-refractivity contribution is 5.29. The summed E-state index contributed by atoms with van der Waals surface area (Å²) < 4.78 is 5.66. The molecule has 0 aromatic heterocycles. The van der Waals surface area contributed by atoms with Crippen LogP contribution in [0.3, 0.4) is 0 Å². The normalized spacial score (nSPS) is 17.5. The van der Waals surface area contributed by atoms with Gasteiger partial charge in [-0.1, -0.05) is 19.1 Å². The van der Waals surface area contributed by atoms with Crippen molar-refractivity contribution in [3.05, 3.63) is 29.8 Å². The fraction of sp³-hybridized carbons (Fsp3) is 0.538. The Labute approximate surface area is 91.4 Å². The van der Waals surface area contributed by atoms with E-state index in [1.165, 1.54) is 18.4 Å². The first-order valence-corrected chi connectivity index (χ1v) is 5.78. The number of nitrogens with two attached hydrogens (primary N) is 1. The highest BCUT2D eigenvalue weighted by Gasteiger charge is 2.21. The highest BCUT2D eigenvalue weighted by atomic mass is 16.5. The summed E-state index contributed by atoms with van der Waals surface area (Å²) >= 11 is 0. The van der Waals surface area contributed by atoms with E-state index in [1.807, 2.05) is 12.1 Å². The Kier molecular flexibility index (Phi) is 3.27. The summed E-state index contributed by atoms with van der Waals surface area (Å²) in [6.07, 6.45) is 3.64. The molecule has 1 fully saturated rings. The van der Waals surface area contributed by atoms with E-state index in [4.69, 9.17) is 10.5 Å². The molecule has 1 atom stereocenters. The lowest BCUT2D eigenvalue weighted by molar-refractivity contribution is 0.299. The van der Waals surface area contributed by atoms with E-state index >= 15 is 0 Å². The Morgan fingerprint density at radius 1 is 1.33 bits per heavy atom. The van der Waals surface area contributed by atoms with Gasteiger partial charge in [0.1, 0.15) is 5.75 Å². The van der Waals surface area contributed by atoms with Gasteiger partial charge in [0.2, 0.25) is 0 Å². The fourth-order valence-electron chi connectivity index (χ4n) is 1.55. The second-order valence-electron chi connectivity index (χ2n) is 4.34. The molecule has 0 saturated heterocycles. The zero-order valence-corrected chi connectivity index (χ0v) is 9.28. The van der Waals surface area contributed by atoms with E-state index in [0.29, 0.717) is 0 Å². The van der Waals surface area contributed by atoms with Crippen molar-refractivity contribution >= 4 is 0 Å². The zero-order chi connectivity index (χ0) is 10.7. The monoisotopic (exact) mass is 205 g/mol. The summed E-state index contributed by atoms with van der Waals surface area (Å²) in [5, 5.41) is 0. The molecule has 2 N–H and O–H groups in total. The molecule has 2 heteroatoms. The molecule has 0 amide bonds. The van der Waals surface area contributed by atoms with Crippen LogP contribution in [0.2, 0.25) is 0 Å². The van der Waals surface area contributed by atoms with Crippen LogP contribution in [0.25, 0.3) is 0 Å². The third kappa shape index (κ3) is 2.96. The summed E-state index contributed by atoms with van der Waals surface area (Å²) in [6, 6.07) is 8.33. The molecule has 0 bridgehead atoms. The van der Waals surface area contributed by atoms with Gasteiger partial charge in [-0.2, -0.15) is 0 Å². The van der Waals surface area contributed by atoms with Crippen molar-refractivity contribution in [3.63, 3.8) is 0 Å². The highest BCUT2D eigenvalue weighted by Crippen LogP contribution is 2.29. The molecular formula is C13H19NO. The van der Waals surface area contributed by atoms with Gasteiger partial charge < -0.3 is 10.5 Å². The van der Waals surface area contributed by atoms with E-state index < -0.39 is 0 Å². The van der Waals surface area contributed by atoms with Crippen LogP contribution in [0.15, 0.2) is 24.3 Å². The lowest BCUT2D eigenvalue weighted by atomic mass is 10.1. The molecule has 1 aliphatic carbocycles. The lowest BCUT2D eigenvalue weighted by Gasteiger charge is -2.10. The fourth-order valence-corrected chi connectivity index (χ4v) is 1.55. The first-order chi connectivity index (χ1) is 7.29. The Balaban J connectivity index is 1.90. The number of hydrogen-bond acceptors (Lipinski definition) is 2. The zero-order valence-electron chi connectivity index (χ0n) is 9.28. The van der Waals surface area contributed by atoms with Gasteiger partial charge in [-0.3, -0.25) is 0 Å². The topological polar surface area (TPSA) is 35.2 Å². The minimum atomic E-state index is 0.155. The maximum Gasteiger partial charge on any atom is 0.119 e. The first-order valence-electron chi connectivity index (χ1n) is 5.78. The molecule has 0 heterocycles. The molecule has 2 rings (SSSR count). The molecule has 0 spiro atoms. The summed E-state index contributed by atoms with van der Waals surface area (Å²) in [5.41, 5.74) is 7.13. The van der Waals surface area contributed by atoms with Crippen LogP contribution in [0.5, 0.6) is 5.75 Å². The maximum absolute atomic E-state index is 5.94. The number of rotatable bonds is 5. The minimum Gasteiger partial charge on any atom is -0.493 e. The van der Waals surface area contributed by atoms with Crippen molar-refractivity contribution in [1.82, 2.24) is 0 Å². The van der Waals surface area contributed by atoms with Gasteiger partial charge >= 0.3 is 0 Å². The van der Waals surface area contributed by atoms with Crippen molar-refractivity contribution in [2.45, 2.75) is 32.2 Å². The van der Waals surface area contributed by atoms with Crippen LogP contribution < -0.4 is 10.5 Å². The Morgan fingerprint density at radius 2 is 2.00 bits per heavy atom. The van der Waals surface area contributed by atoms with Gasteiger partial charge in [-0.15, -0.1) is 0 Å². The van der Waals surface area contributed by atoms with E-state index in [-0.39, 0.29) is 6.04 Å². The smallest absolute Gasteiger partial charge is 0.119 e. The Hall–Kier alpha value is -1.02. The van der Waals surface area contributed by atoms with Gasteiger partial charge in [0, 0.05) is 6.04 Å². The first kappa shape index (κ1) is 10.5. The van der Waals surface area contributed by atoms with E-state index in [1.54, 1.807) is 0 Å². The second kappa shape index (κ2) is 4.67. The number of hydrogen-bond donors (Lipinski definition) is 1. The van der Waals surface area contributed by atoms with E-state index in [0.717, 1.165) is 24.7 Å². The summed E-state index contributed by atoms with van der Waals surface area (Å²) in [4.78, 5) is 0. The van der Waals surface area contributed by atoms with Crippen molar-refractivity contribution in [2.24, 2.45) is 11.7 Å². The van der Waals surface area contributed by atoms with Crippen molar-refractivity contribution in [3.8, 4) is 5.75 Å². The predicted molar refractivity (Wildman–Crippen MR) is 61.9 cm³/mol. The summed E-state index contributed by atoms with van der Waals surface area (Å²) in [6.45, 7) is 2.97. The van der Waals surface area contributed by atoms with E-state index in [9.17, 15) is 0 Å². The summed E-state index contributed by atoms with van der Waals surface area (Å²) in [7, 11) is 0. The van der Waals surface area contributed by atoms with E-state index in [2.05, 4.69) is 19.1 Å². The standard InChI is InChI=1S/C13H19NO/c1-2-13(14)11-5-7-12(8-6-11)15-9-10-3-4-10/h5-8,10,13H,2-4,9,14H2,1H3/t13-/m1/s1. The average Bonchev–Trinajstić information content (AvgIpc) is 3.10. The van der Waals surface area contributed by atoms with Crippen LogP contribution >= 0.6 is 0 Å². The number of ether oxygens (including phenoxy) is 1. The minimum absolute atomic E-state index is 0.155. The quantitative estimate of drug-likeness (QED) is 0.802. The largest absolute Gasteiger partial charge is 0.493 e. The molecule has 1 aromatic carbocycles. The third-order valence-corrected chi connectivity index (χ3v) is 2.93. The third-order valence-electron chi connectivity index (χ3n) is 2.93. The van der Waals surface area contributed by atoms with Gasteiger partial charge in [0.15, 0.2) is 0 Å². The second-order valence-corrected chi connectivity index (χ2v) is 4.34. The Morgan fingerprint density at radius 3 is 2.53 bits per heavy atom. The summed E-state index contributed by atoms with van der Waals surface area (Å²) in [5.74, 6) is 1.77. The van der Waals surface area contributed by atoms with Gasteiger partial charge in [-0.05, 0) is 42.9 Å². The Bertz CT molecular complexity index is 303. The predicted octanol–water partition coefficient (Wildman–Crippen LogP) is 2.89. The SMILES string of the molecule is CC[C@@H](N)c1ccc(OCC2CC2)cc1. The molecule has 1 saturated carbocycles. The molecule has 1 aliphatic rings. The molecule has 2 nitrogen and oxygen atoms in total. The molecule has 0 aliphatic heterocycles.